The lowest BCUT2D eigenvalue weighted by Gasteiger charge is -1.83. The minimum absolute atomic E-state index is 0.208. The number of rotatable bonds is 2. The van der Waals surface area contributed by atoms with E-state index in [1.54, 1.807) is 6.92 Å². The number of hydrogen-bond donors (Lipinski definition) is 2. The molecule has 0 atom stereocenters. The number of hydrogen-bond acceptors (Lipinski definition) is 3. The highest BCUT2D eigenvalue weighted by Gasteiger charge is 1.87. The standard InChI is InChI=1S/C3H6O3.C2H6O/c1-6-2-3(4)5;1-2-3/h2H2,1H3,(H,4,5);3H,2H2,1H3. The van der Waals surface area contributed by atoms with Gasteiger partial charge >= 0.3 is 5.97 Å². The number of aliphatic carboxylic acids is 1. The molecule has 2 N–H and O–H groups in total. The number of carboxylic acid groups (broad SMARTS) is 1. The fourth-order valence-electron chi connectivity index (χ4n) is 0.123. The number of aliphatic hydroxyl groups is 1. The van der Waals surface area contributed by atoms with Crippen molar-refractivity contribution in [3.8, 4) is 0 Å². The normalized spacial score (nSPS) is 7.44. The zero-order chi connectivity index (χ0) is 7.70. The summed E-state index contributed by atoms with van der Waals surface area (Å²) < 4.78 is 4.20. The zero-order valence-electron chi connectivity index (χ0n) is 5.63. The fourth-order valence-corrected chi connectivity index (χ4v) is 0.123. The van der Waals surface area contributed by atoms with Crippen LogP contribution in [0.15, 0.2) is 0 Å². The second-order valence-electron chi connectivity index (χ2n) is 1.14. The highest BCUT2D eigenvalue weighted by Crippen LogP contribution is 1.61. The molecule has 56 valence electrons. The summed E-state index contributed by atoms with van der Waals surface area (Å²) >= 11 is 0. The number of aliphatic hydroxyl groups excluding tert-OH is 1. The number of ether oxygens (including phenoxy) is 1. The first-order valence-electron chi connectivity index (χ1n) is 2.50. The van der Waals surface area contributed by atoms with Gasteiger partial charge in [0.2, 0.25) is 0 Å². The minimum atomic E-state index is -0.933. The van der Waals surface area contributed by atoms with Crippen LogP contribution in [-0.4, -0.2) is 36.5 Å². The molecule has 0 heterocycles. The molecule has 0 aliphatic heterocycles. The van der Waals surface area contributed by atoms with Crippen molar-refractivity contribution in [1.82, 2.24) is 0 Å². The lowest BCUT2D eigenvalue weighted by atomic mass is 10.8. The van der Waals surface area contributed by atoms with Gasteiger partial charge in [0.1, 0.15) is 6.61 Å². The van der Waals surface area contributed by atoms with E-state index in [4.69, 9.17) is 10.2 Å². The number of carbonyl (C=O) groups is 1. The van der Waals surface area contributed by atoms with E-state index in [0.29, 0.717) is 0 Å². The third-order valence-electron chi connectivity index (χ3n) is 0.268. The van der Waals surface area contributed by atoms with Gasteiger partial charge < -0.3 is 14.9 Å². The van der Waals surface area contributed by atoms with Gasteiger partial charge in [-0.3, -0.25) is 0 Å². The maximum absolute atomic E-state index is 9.47. The van der Waals surface area contributed by atoms with Gasteiger partial charge in [0.15, 0.2) is 0 Å². The molecule has 0 bridgehead atoms. The van der Waals surface area contributed by atoms with E-state index in [-0.39, 0.29) is 13.2 Å². The Labute approximate surface area is 54.1 Å². The van der Waals surface area contributed by atoms with Crippen molar-refractivity contribution in [3.05, 3.63) is 0 Å². The molecule has 0 spiro atoms. The van der Waals surface area contributed by atoms with E-state index in [2.05, 4.69) is 4.74 Å². The van der Waals surface area contributed by atoms with Gasteiger partial charge in [-0.05, 0) is 6.92 Å². The molecular weight excluding hydrogens is 124 g/mol. The van der Waals surface area contributed by atoms with E-state index in [1.165, 1.54) is 7.11 Å². The van der Waals surface area contributed by atoms with Gasteiger partial charge in [-0.15, -0.1) is 0 Å². The molecule has 0 amide bonds. The summed E-state index contributed by atoms with van der Waals surface area (Å²) in [4.78, 5) is 9.47. The van der Waals surface area contributed by atoms with Crippen LogP contribution in [0, 0.1) is 0 Å². The molecule has 0 rings (SSSR count). The fraction of sp³-hybridized carbons (Fsp3) is 0.800. The van der Waals surface area contributed by atoms with Crippen LogP contribution in [0.5, 0.6) is 0 Å². The lowest BCUT2D eigenvalue weighted by Crippen LogP contribution is -2.02. The van der Waals surface area contributed by atoms with Gasteiger partial charge in [-0.25, -0.2) is 4.79 Å². The molecule has 0 saturated carbocycles. The van der Waals surface area contributed by atoms with Crippen molar-refractivity contribution >= 4 is 5.97 Å². The minimum Gasteiger partial charge on any atom is -0.480 e. The van der Waals surface area contributed by atoms with E-state index < -0.39 is 5.97 Å². The Morgan fingerprint density at radius 3 is 2.00 bits per heavy atom. The van der Waals surface area contributed by atoms with E-state index >= 15 is 0 Å². The monoisotopic (exact) mass is 136 g/mol. The summed E-state index contributed by atoms with van der Waals surface area (Å²) in [7, 11) is 1.34. The van der Waals surface area contributed by atoms with Gasteiger partial charge in [-0.2, -0.15) is 0 Å². The van der Waals surface area contributed by atoms with E-state index in [9.17, 15) is 4.79 Å². The van der Waals surface area contributed by atoms with Crippen molar-refractivity contribution in [2.75, 3.05) is 20.3 Å². The molecule has 4 nitrogen and oxygen atoms in total. The third-order valence-corrected chi connectivity index (χ3v) is 0.268. The Balaban J connectivity index is 0. The molecule has 9 heavy (non-hydrogen) atoms. The van der Waals surface area contributed by atoms with Crippen LogP contribution in [0.1, 0.15) is 6.92 Å². The number of carboxylic acids is 1. The maximum Gasteiger partial charge on any atom is 0.329 e. The highest BCUT2D eigenvalue weighted by atomic mass is 16.5. The maximum atomic E-state index is 9.47. The molecule has 0 aliphatic carbocycles. The molecule has 0 aromatic carbocycles. The molecule has 0 aromatic heterocycles. The molecule has 0 radical (unpaired) electrons. The van der Waals surface area contributed by atoms with Gasteiger partial charge in [0, 0.05) is 13.7 Å². The Kier molecular flexibility index (Phi) is 13.0. The first-order chi connectivity index (χ1) is 4.18. The Hall–Kier alpha value is -0.610. The van der Waals surface area contributed by atoms with Crippen molar-refractivity contribution in [3.63, 3.8) is 0 Å². The molecular formula is C5H12O4. The lowest BCUT2D eigenvalue weighted by molar-refractivity contribution is -0.141. The summed E-state index contributed by atoms with van der Waals surface area (Å²) in [5, 5.41) is 15.4. The molecule has 0 fully saturated rings. The molecule has 4 heteroatoms. The van der Waals surface area contributed by atoms with Crippen LogP contribution in [0.25, 0.3) is 0 Å². The average molecular weight is 136 g/mol. The average Bonchev–Trinajstić information content (AvgIpc) is 1.67. The van der Waals surface area contributed by atoms with Crippen LogP contribution >= 0.6 is 0 Å². The summed E-state index contributed by atoms with van der Waals surface area (Å²) in [6, 6.07) is 0. The van der Waals surface area contributed by atoms with Gasteiger partial charge in [0.05, 0.1) is 0 Å². The van der Waals surface area contributed by atoms with E-state index in [0.717, 1.165) is 0 Å². The molecule has 0 aromatic rings. The van der Waals surface area contributed by atoms with Crippen molar-refractivity contribution in [2.24, 2.45) is 0 Å². The Bertz CT molecular complexity index is 62.0. The van der Waals surface area contributed by atoms with Crippen molar-refractivity contribution in [1.29, 1.82) is 0 Å². The topological polar surface area (TPSA) is 66.8 Å². The summed E-state index contributed by atoms with van der Waals surface area (Å²) in [5.74, 6) is -0.933. The van der Waals surface area contributed by atoms with Gasteiger partial charge in [-0.1, -0.05) is 0 Å². The second-order valence-corrected chi connectivity index (χ2v) is 1.14. The smallest absolute Gasteiger partial charge is 0.329 e. The number of methoxy groups -OCH3 is 1. The second kappa shape index (κ2) is 10.4. The van der Waals surface area contributed by atoms with E-state index in [1.807, 2.05) is 0 Å². The SMILES string of the molecule is CCO.COCC(=O)O. The van der Waals surface area contributed by atoms with Gasteiger partial charge in [0.25, 0.3) is 0 Å². The summed E-state index contributed by atoms with van der Waals surface area (Å²) in [6.45, 7) is 1.72. The molecule has 0 saturated heterocycles. The van der Waals surface area contributed by atoms with Crippen LogP contribution in [-0.2, 0) is 9.53 Å². The van der Waals surface area contributed by atoms with Crippen LogP contribution in [0.2, 0.25) is 0 Å². The Morgan fingerprint density at radius 1 is 1.67 bits per heavy atom. The van der Waals surface area contributed by atoms with Crippen molar-refractivity contribution in [2.45, 2.75) is 6.92 Å². The summed E-state index contributed by atoms with van der Waals surface area (Å²) in [6.07, 6.45) is 0. The summed E-state index contributed by atoms with van der Waals surface area (Å²) in [5.41, 5.74) is 0. The first-order valence-corrected chi connectivity index (χ1v) is 2.50. The Morgan fingerprint density at radius 2 is 2.00 bits per heavy atom. The quantitative estimate of drug-likeness (QED) is 0.547. The zero-order valence-corrected chi connectivity index (χ0v) is 5.63. The first kappa shape index (κ1) is 11.2. The van der Waals surface area contributed by atoms with Crippen LogP contribution < -0.4 is 0 Å². The third kappa shape index (κ3) is 37.6. The molecule has 0 unspecified atom stereocenters. The van der Waals surface area contributed by atoms with Crippen LogP contribution in [0.3, 0.4) is 0 Å². The highest BCUT2D eigenvalue weighted by molar-refractivity contribution is 5.67. The predicted molar refractivity (Wildman–Crippen MR) is 32.3 cm³/mol. The van der Waals surface area contributed by atoms with Crippen LogP contribution in [0.4, 0.5) is 0 Å². The molecule has 0 aliphatic rings. The predicted octanol–water partition coefficient (Wildman–Crippen LogP) is -0.284. The largest absolute Gasteiger partial charge is 0.480 e. The van der Waals surface area contributed by atoms with Crippen molar-refractivity contribution < 1.29 is 19.7 Å².